The predicted molar refractivity (Wildman–Crippen MR) is 108 cm³/mol. The number of anilines is 1. The van der Waals surface area contributed by atoms with E-state index in [-0.39, 0.29) is 24.0 Å². The van der Waals surface area contributed by atoms with Gasteiger partial charge in [0, 0.05) is 17.8 Å². The molecule has 24 heavy (non-hydrogen) atoms. The topological polar surface area (TPSA) is 76.4 Å². The Hall–Kier alpha value is -1.57. The minimum absolute atomic E-state index is 0. The molecule has 6 heteroatoms. The fourth-order valence-electron chi connectivity index (χ4n) is 3.15. The first kappa shape index (κ1) is 18.8. The Morgan fingerprint density at radius 3 is 2.83 bits per heavy atom. The third-order valence-electron chi connectivity index (χ3n) is 4.42. The summed E-state index contributed by atoms with van der Waals surface area (Å²) < 4.78 is 5.17. The lowest BCUT2D eigenvalue weighted by molar-refractivity contribution is 0.392. The Morgan fingerprint density at radius 2 is 2.08 bits per heavy atom. The van der Waals surface area contributed by atoms with Gasteiger partial charge in [-0.1, -0.05) is 11.2 Å². The molecule has 1 aliphatic rings. The Labute approximate surface area is 160 Å². The van der Waals surface area contributed by atoms with Gasteiger partial charge in [-0.25, -0.2) is 0 Å². The molecule has 0 bridgehead atoms. The zero-order valence-corrected chi connectivity index (χ0v) is 16.6. The molecule has 0 atom stereocenters. The number of fused-ring (bicyclic) bond motifs is 1. The highest BCUT2D eigenvalue weighted by atomic mass is 127. The first-order valence-electron chi connectivity index (χ1n) is 8.24. The molecule has 2 aromatic rings. The lowest BCUT2D eigenvalue weighted by atomic mass is 10.1. The molecule has 0 fully saturated rings. The van der Waals surface area contributed by atoms with Gasteiger partial charge >= 0.3 is 0 Å². The van der Waals surface area contributed by atoms with Gasteiger partial charge in [-0.3, -0.25) is 4.99 Å². The van der Waals surface area contributed by atoms with Crippen LogP contribution in [0.5, 0.6) is 0 Å². The second-order valence-corrected chi connectivity index (χ2v) is 6.14. The number of benzene rings is 1. The van der Waals surface area contributed by atoms with Gasteiger partial charge in [-0.05, 0) is 69.2 Å². The normalized spacial score (nSPS) is 13.5. The second-order valence-electron chi connectivity index (χ2n) is 6.14. The van der Waals surface area contributed by atoms with Gasteiger partial charge in [0.15, 0.2) is 5.96 Å². The number of aryl methyl sites for hydroxylation is 4. The van der Waals surface area contributed by atoms with Gasteiger partial charge in [-0.2, -0.15) is 0 Å². The molecule has 1 aliphatic carbocycles. The Morgan fingerprint density at radius 1 is 1.29 bits per heavy atom. The maximum atomic E-state index is 5.98. The number of aromatic nitrogens is 1. The minimum atomic E-state index is 0. The number of hydrogen-bond acceptors (Lipinski definition) is 3. The lowest BCUT2D eigenvalue weighted by Gasteiger charge is -2.08. The van der Waals surface area contributed by atoms with E-state index in [0.717, 1.165) is 30.0 Å². The van der Waals surface area contributed by atoms with Crippen LogP contribution in [-0.2, 0) is 19.3 Å². The van der Waals surface area contributed by atoms with Crippen molar-refractivity contribution in [3.63, 3.8) is 0 Å². The van der Waals surface area contributed by atoms with Gasteiger partial charge in [-0.15, -0.1) is 24.0 Å². The van der Waals surface area contributed by atoms with Crippen LogP contribution < -0.4 is 11.1 Å². The van der Waals surface area contributed by atoms with E-state index < -0.39 is 0 Å². The van der Waals surface area contributed by atoms with Crippen molar-refractivity contribution in [2.24, 2.45) is 10.7 Å². The molecule has 3 rings (SSSR count). The molecule has 0 saturated carbocycles. The predicted octanol–water partition coefficient (Wildman–Crippen LogP) is 3.76. The van der Waals surface area contributed by atoms with Crippen molar-refractivity contribution in [1.29, 1.82) is 0 Å². The highest BCUT2D eigenvalue weighted by Crippen LogP contribution is 2.24. The summed E-state index contributed by atoms with van der Waals surface area (Å²) >= 11 is 0. The molecule has 0 aliphatic heterocycles. The molecule has 130 valence electrons. The molecule has 1 aromatic heterocycles. The minimum Gasteiger partial charge on any atom is -0.370 e. The van der Waals surface area contributed by atoms with E-state index in [0.29, 0.717) is 12.5 Å². The van der Waals surface area contributed by atoms with Gasteiger partial charge in [0.25, 0.3) is 0 Å². The van der Waals surface area contributed by atoms with Crippen LogP contribution in [0.4, 0.5) is 5.69 Å². The summed E-state index contributed by atoms with van der Waals surface area (Å²) in [4.78, 5) is 4.40. The Bertz CT molecular complexity index is 704. The van der Waals surface area contributed by atoms with Crippen LogP contribution in [0.1, 0.15) is 41.0 Å². The van der Waals surface area contributed by atoms with E-state index in [1.807, 2.05) is 13.8 Å². The number of hydrogen-bond donors (Lipinski definition) is 2. The number of rotatable bonds is 5. The van der Waals surface area contributed by atoms with Gasteiger partial charge < -0.3 is 15.6 Å². The van der Waals surface area contributed by atoms with Gasteiger partial charge in [0.05, 0.1) is 5.69 Å². The molecule has 0 radical (unpaired) electrons. The van der Waals surface area contributed by atoms with E-state index in [1.165, 1.54) is 36.0 Å². The first-order chi connectivity index (χ1) is 11.1. The van der Waals surface area contributed by atoms with Crippen molar-refractivity contribution in [3.05, 3.63) is 46.3 Å². The van der Waals surface area contributed by atoms with E-state index >= 15 is 0 Å². The highest BCUT2D eigenvalue weighted by Gasteiger charge is 2.11. The van der Waals surface area contributed by atoms with E-state index in [4.69, 9.17) is 10.3 Å². The number of nitrogens with zero attached hydrogens (tertiary/aromatic N) is 2. The van der Waals surface area contributed by atoms with Crippen molar-refractivity contribution in [1.82, 2.24) is 5.16 Å². The maximum absolute atomic E-state index is 5.98. The summed E-state index contributed by atoms with van der Waals surface area (Å²) in [5, 5.41) is 7.15. The average Bonchev–Trinajstić information content (AvgIpc) is 3.11. The van der Waals surface area contributed by atoms with Crippen molar-refractivity contribution < 1.29 is 4.52 Å². The Kier molecular flexibility index (Phi) is 6.65. The number of nitrogens with one attached hydrogen (secondary N) is 1. The smallest absolute Gasteiger partial charge is 0.193 e. The number of aliphatic imine (C=N–C) groups is 1. The molecular formula is C18H25IN4O. The van der Waals surface area contributed by atoms with Crippen LogP contribution in [0.3, 0.4) is 0 Å². The monoisotopic (exact) mass is 440 g/mol. The van der Waals surface area contributed by atoms with Crippen LogP contribution in [0, 0.1) is 13.8 Å². The zero-order chi connectivity index (χ0) is 16.2. The molecule has 1 heterocycles. The SMILES string of the molecule is Cc1noc(C)c1CCCN=C(N)Nc1ccc2c(c1)CCC2.I. The first-order valence-corrected chi connectivity index (χ1v) is 8.24. The molecule has 5 nitrogen and oxygen atoms in total. The quantitative estimate of drug-likeness (QED) is 0.321. The number of guanidine groups is 1. The van der Waals surface area contributed by atoms with Crippen LogP contribution >= 0.6 is 24.0 Å². The summed E-state index contributed by atoms with van der Waals surface area (Å²) in [6.45, 7) is 4.61. The van der Waals surface area contributed by atoms with Gasteiger partial charge in [0.2, 0.25) is 0 Å². The van der Waals surface area contributed by atoms with E-state index in [9.17, 15) is 0 Å². The largest absolute Gasteiger partial charge is 0.370 e. The fraction of sp³-hybridized carbons (Fsp3) is 0.444. The summed E-state index contributed by atoms with van der Waals surface area (Å²) in [6.07, 6.45) is 5.45. The van der Waals surface area contributed by atoms with Crippen LogP contribution in [0.2, 0.25) is 0 Å². The molecule has 0 amide bonds. The molecule has 0 saturated heterocycles. The van der Waals surface area contributed by atoms with Crippen LogP contribution in [0.25, 0.3) is 0 Å². The second kappa shape index (κ2) is 8.50. The summed E-state index contributed by atoms with van der Waals surface area (Å²) in [7, 11) is 0. The summed E-state index contributed by atoms with van der Waals surface area (Å²) in [5.74, 6) is 1.37. The molecule has 0 spiro atoms. The van der Waals surface area contributed by atoms with Crippen molar-refractivity contribution in [2.75, 3.05) is 11.9 Å². The average molecular weight is 440 g/mol. The maximum Gasteiger partial charge on any atom is 0.193 e. The van der Waals surface area contributed by atoms with Gasteiger partial charge in [0.1, 0.15) is 5.76 Å². The molecule has 0 unspecified atom stereocenters. The molecular weight excluding hydrogens is 415 g/mol. The van der Waals surface area contributed by atoms with Crippen molar-refractivity contribution >= 4 is 35.6 Å². The van der Waals surface area contributed by atoms with E-state index in [1.54, 1.807) is 0 Å². The molecule has 3 N–H and O–H groups in total. The lowest BCUT2D eigenvalue weighted by Crippen LogP contribution is -2.23. The fourth-order valence-corrected chi connectivity index (χ4v) is 3.15. The summed E-state index contributed by atoms with van der Waals surface area (Å²) in [5.41, 5.74) is 12.1. The third-order valence-corrected chi connectivity index (χ3v) is 4.42. The zero-order valence-electron chi connectivity index (χ0n) is 14.3. The standard InChI is InChI=1S/C18H24N4O.HI/c1-12-17(13(2)23-22-12)7-4-10-20-18(19)21-16-9-8-14-5-3-6-15(14)11-16;/h8-9,11H,3-7,10H2,1-2H3,(H3,19,20,21);1H. The van der Waals surface area contributed by atoms with Crippen molar-refractivity contribution in [3.8, 4) is 0 Å². The number of nitrogens with two attached hydrogens (primary N) is 1. The van der Waals surface area contributed by atoms with Crippen LogP contribution in [0.15, 0.2) is 27.7 Å². The highest BCUT2D eigenvalue weighted by molar-refractivity contribution is 14.0. The Balaban J connectivity index is 0.00000208. The molecule has 1 aromatic carbocycles. The van der Waals surface area contributed by atoms with E-state index in [2.05, 4.69) is 33.7 Å². The van der Waals surface area contributed by atoms with Crippen LogP contribution in [-0.4, -0.2) is 17.7 Å². The third kappa shape index (κ3) is 4.49. The van der Waals surface area contributed by atoms with Crippen molar-refractivity contribution in [2.45, 2.75) is 46.0 Å². The number of halogens is 1. The summed E-state index contributed by atoms with van der Waals surface area (Å²) in [6, 6.07) is 6.46.